The molecule has 0 spiro atoms. The highest BCUT2D eigenvalue weighted by molar-refractivity contribution is 6.17. The van der Waals surface area contributed by atoms with E-state index in [9.17, 15) is 26.3 Å². The Kier molecular flexibility index (Phi) is 22.0. The molecule has 690 valence electrons. The van der Waals surface area contributed by atoms with Crippen LogP contribution in [-0.4, -0.2) is 27.4 Å². The van der Waals surface area contributed by atoms with Gasteiger partial charge in [0.15, 0.2) is 17.1 Å². The van der Waals surface area contributed by atoms with Crippen molar-refractivity contribution in [3.8, 4) is 131 Å². The van der Waals surface area contributed by atoms with Gasteiger partial charge in [-0.05, 0) is 232 Å². The van der Waals surface area contributed by atoms with Gasteiger partial charge >= 0.3 is 0 Å². The van der Waals surface area contributed by atoms with Crippen LogP contribution in [-0.2, 0) is 0 Å². The Bertz CT molecular complexity index is 10600. The molecule has 21 aromatic carbocycles. The van der Waals surface area contributed by atoms with Gasteiger partial charge in [0.2, 0.25) is 5.69 Å². The molecule has 0 saturated heterocycles. The van der Waals surface area contributed by atoms with Gasteiger partial charge in [-0.1, -0.05) is 279 Å². The summed E-state index contributed by atoms with van der Waals surface area (Å²) in [6.45, 7) is 32.0. The number of hydrogen-bond acceptors (Lipinski definition) is 5. The Hall–Kier alpha value is -22.2. The van der Waals surface area contributed by atoms with Crippen LogP contribution in [0.3, 0.4) is 0 Å². The molecule has 0 aliphatic heterocycles. The molecule has 0 amide bonds. The molecular weight excluding hydrogens is 1830 g/mol. The van der Waals surface area contributed by atoms with Gasteiger partial charge in [0.05, 0.1) is 151 Å². The summed E-state index contributed by atoms with van der Waals surface area (Å²) in [6, 6.07) is 165. The molecule has 15 heteroatoms. The quantitative estimate of drug-likeness (QED) is 0.111. The van der Waals surface area contributed by atoms with Gasteiger partial charge in [0.1, 0.15) is 0 Å². The van der Waals surface area contributed by atoms with E-state index in [0.717, 1.165) is 232 Å². The zero-order chi connectivity index (χ0) is 101. The minimum absolute atomic E-state index is 0.322. The van der Waals surface area contributed by atoms with Crippen LogP contribution in [0.4, 0.5) is 22.7 Å². The van der Waals surface area contributed by atoms with Gasteiger partial charge in [-0.2, -0.15) is 26.3 Å². The molecule has 0 fully saturated rings. The maximum Gasteiger partial charge on any atom is 0.206 e. The van der Waals surface area contributed by atoms with Crippen LogP contribution in [0.2, 0.25) is 0 Å². The molecule has 27 rings (SSSR count). The molecule has 15 nitrogen and oxygen atoms in total. The van der Waals surface area contributed by atoms with Crippen LogP contribution in [0.1, 0.15) is 27.8 Å². The summed E-state index contributed by atoms with van der Waals surface area (Å²) < 4.78 is 13.3. The maximum atomic E-state index is 10.6. The first-order valence-electron chi connectivity index (χ1n) is 48.8. The third-order valence-corrected chi connectivity index (χ3v) is 28.8. The Morgan fingerprint density at radius 1 is 0.173 bits per heavy atom. The molecule has 0 aliphatic carbocycles. The fraction of sp³-hybridized carbons (Fsp3) is 0. The highest BCUT2D eigenvalue weighted by Crippen LogP contribution is 2.51. The van der Waals surface area contributed by atoms with Gasteiger partial charge in [-0.25, -0.2) is 19.4 Å². The first kappa shape index (κ1) is 89.2. The molecule has 6 heterocycles. The summed E-state index contributed by atoms with van der Waals surface area (Å²) in [7, 11) is 0. The third kappa shape index (κ3) is 14.7. The Labute approximate surface area is 861 Å². The smallest absolute Gasteiger partial charge is 0.206 e. The van der Waals surface area contributed by atoms with E-state index in [-0.39, 0.29) is 0 Å². The first-order valence-corrected chi connectivity index (χ1v) is 48.8. The molecule has 0 aliphatic rings. The Balaban J connectivity index is 0.000000116. The fourth-order valence-corrected chi connectivity index (χ4v) is 22.3. The largest absolute Gasteiger partial charge is 0.310 e. The second kappa shape index (κ2) is 37.0. The normalized spacial score (nSPS) is 11.1. The van der Waals surface area contributed by atoms with Gasteiger partial charge in [0.25, 0.3) is 0 Å². The molecule has 0 atom stereocenters. The number of rotatable bonds is 12. The number of fused-ring (bicyclic) bond motifs is 18. The van der Waals surface area contributed by atoms with Crippen LogP contribution in [0.15, 0.2) is 455 Å². The lowest BCUT2D eigenvalue weighted by Crippen LogP contribution is -2.01. The zero-order valence-corrected chi connectivity index (χ0v) is 80.0. The van der Waals surface area contributed by atoms with E-state index in [1.54, 1.807) is 6.07 Å². The van der Waals surface area contributed by atoms with Crippen LogP contribution < -0.4 is 0 Å². The van der Waals surface area contributed by atoms with Crippen molar-refractivity contribution in [1.82, 2.24) is 27.4 Å². The minimum atomic E-state index is 0.322. The summed E-state index contributed by atoms with van der Waals surface area (Å²) in [5.41, 5.74) is 33.7. The van der Waals surface area contributed by atoms with E-state index in [1.165, 1.54) is 0 Å². The lowest BCUT2D eigenvalue weighted by atomic mass is 9.90. The van der Waals surface area contributed by atoms with E-state index in [0.29, 0.717) is 50.6 Å². The van der Waals surface area contributed by atoms with Gasteiger partial charge < -0.3 is 27.4 Å². The van der Waals surface area contributed by atoms with E-state index in [1.807, 2.05) is 224 Å². The SMILES string of the molecule is [C-]#[N+]c1cc(-n2c3ccccc3c3ccccc32)c(-c2ccccc2-c2ccc(-n3c4ccccc4c4cc(C#N)ccc43)cc2)cc1C#N.[C-]#[N+]c1cc(C#N)c(-c2ccccc2-c2ccc(-n3c4ccccc4c4cc(C#N)ccc43)cc2)c(-n2c3ccccc3c3ccccc32)c1.[C-]#[N+]c1ccc(-c2c([N+]#[C-])cccc2-c2ccc(-n3c4ccccc4c4cc(C#N)ccc43)cc2)c(-n2c3ccccc3c3ccccc32)c1. The topological polar surface area (TPSA) is 166 Å². The van der Waals surface area contributed by atoms with Crippen LogP contribution >= 0.6 is 0 Å². The van der Waals surface area contributed by atoms with Crippen molar-refractivity contribution in [3.63, 3.8) is 0 Å². The number of benzene rings is 21. The van der Waals surface area contributed by atoms with Crippen molar-refractivity contribution < 1.29 is 0 Å². The number of nitrogens with zero attached hydrogens (tertiary/aromatic N) is 15. The summed E-state index contributed by atoms with van der Waals surface area (Å²) in [6.07, 6.45) is 0. The molecule has 0 bridgehead atoms. The Morgan fingerprint density at radius 3 is 0.833 bits per heavy atom. The van der Waals surface area contributed by atoms with E-state index in [4.69, 9.17) is 26.3 Å². The van der Waals surface area contributed by atoms with Crippen LogP contribution in [0.5, 0.6) is 0 Å². The van der Waals surface area contributed by atoms with Crippen molar-refractivity contribution >= 4 is 154 Å². The average Bonchev–Trinajstić information content (AvgIpc) is 1.57. The van der Waals surface area contributed by atoms with E-state index >= 15 is 0 Å². The molecule has 0 N–H and O–H groups in total. The minimum Gasteiger partial charge on any atom is -0.310 e. The lowest BCUT2D eigenvalue weighted by molar-refractivity contribution is 1.18. The molecule has 150 heavy (non-hydrogen) atoms. The molecule has 27 aromatic rings. The molecular formula is C135H75N15. The van der Waals surface area contributed by atoms with Gasteiger partial charge in [-0.3, -0.25) is 0 Å². The second-order valence-electron chi connectivity index (χ2n) is 36.8. The summed E-state index contributed by atoms with van der Waals surface area (Å²) in [4.78, 5) is 15.4. The number of para-hydroxylation sites is 9. The lowest BCUT2D eigenvalue weighted by Gasteiger charge is -2.19. The molecule has 0 saturated carbocycles. The summed E-state index contributed by atoms with van der Waals surface area (Å²) >= 11 is 0. The summed E-state index contributed by atoms with van der Waals surface area (Å²) in [5, 5.41) is 62.6. The van der Waals surface area contributed by atoms with Gasteiger partial charge in [-0.15, -0.1) is 0 Å². The van der Waals surface area contributed by atoms with Crippen molar-refractivity contribution in [1.29, 1.82) is 26.3 Å². The predicted molar refractivity (Wildman–Crippen MR) is 607 cm³/mol. The van der Waals surface area contributed by atoms with Gasteiger partial charge in [0, 0.05) is 110 Å². The monoisotopic (exact) mass is 1910 g/mol. The predicted octanol–water partition coefficient (Wildman–Crippen LogP) is 35.2. The third-order valence-electron chi connectivity index (χ3n) is 28.8. The average molecular weight is 1910 g/mol. The van der Waals surface area contributed by atoms with Crippen LogP contribution in [0, 0.1) is 82.9 Å². The molecule has 6 aromatic heterocycles. The molecule has 0 radical (unpaired) electrons. The highest BCUT2D eigenvalue weighted by atomic mass is 15.0. The van der Waals surface area contributed by atoms with E-state index in [2.05, 4.69) is 302 Å². The Morgan fingerprint density at radius 2 is 0.473 bits per heavy atom. The van der Waals surface area contributed by atoms with Crippen molar-refractivity contribution in [2.75, 3.05) is 0 Å². The number of hydrogen-bond donors (Lipinski definition) is 0. The van der Waals surface area contributed by atoms with Crippen molar-refractivity contribution in [3.05, 3.63) is 528 Å². The van der Waals surface area contributed by atoms with Crippen molar-refractivity contribution in [2.45, 2.75) is 0 Å². The fourth-order valence-electron chi connectivity index (χ4n) is 22.3. The zero-order valence-electron chi connectivity index (χ0n) is 80.0. The standard InChI is InChI=1S/3C45H25N5/c1-47-31-21-24-37(44(27-31)50-41-16-7-3-10-34(41)35-11-4-8-17-42(35)50)45-33(13-9-14-39(45)48-2)30-19-22-32(23-20-30)49-40-15-6-5-12-36(40)38-26-29(28-46)18-25-43(38)49;1-48-32-25-31(28-47)45(44(26-32)50-41-16-8-4-11-35(41)36-12-5-9-17-42(36)50)38-14-3-2-10-34(38)30-19-21-33(22-20-30)49-40-15-7-6-13-37(40)39-24-29(27-46)18-23-43(39)49;1-48-40-26-45(50-42-16-8-4-12-35(42)36-13-5-9-17-43(36)50)39(25-31(40)28-47)34-11-3-2-10-33(34)30-19-21-32(22-20-30)49-41-15-7-6-14-37(41)38-24-29(27-46)18-23-44(38)49/h3-27H;2*2-26H. The van der Waals surface area contributed by atoms with E-state index < -0.39 is 0 Å². The first-order chi connectivity index (χ1) is 74.0. The van der Waals surface area contributed by atoms with Crippen LogP contribution in [0.25, 0.3) is 251 Å². The highest BCUT2D eigenvalue weighted by Gasteiger charge is 2.28. The molecule has 0 unspecified atom stereocenters. The second-order valence-corrected chi connectivity index (χ2v) is 36.8. The summed E-state index contributed by atoms with van der Waals surface area (Å²) in [5.74, 6) is 0. The maximum absolute atomic E-state index is 10.6. The van der Waals surface area contributed by atoms with Crippen molar-refractivity contribution in [2.24, 2.45) is 0 Å². The number of aromatic nitrogens is 6. The number of nitriles is 5.